The Morgan fingerprint density at radius 3 is 2.64 bits per heavy atom. The number of halogens is 1. The van der Waals surface area contributed by atoms with E-state index in [0.717, 1.165) is 24.3 Å². The van der Waals surface area contributed by atoms with Crippen LogP contribution in [-0.2, 0) is 4.79 Å². The van der Waals surface area contributed by atoms with Crippen LogP contribution in [0.4, 0.5) is 5.69 Å². The second-order valence-electron chi connectivity index (χ2n) is 5.20. The fourth-order valence-corrected chi connectivity index (χ4v) is 3.32. The summed E-state index contributed by atoms with van der Waals surface area (Å²) in [6.07, 6.45) is 1.91. The second-order valence-corrected chi connectivity index (χ2v) is 6.61. The highest BCUT2D eigenvalue weighted by atomic mass is 35.5. The van der Waals surface area contributed by atoms with Crippen molar-refractivity contribution in [1.29, 1.82) is 0 Å². The van der Waals surface area contributed by atoms with Crippen molar-refractivity contribution in [2.24, 2.45) is 5.73 Å². The molecule has 1 saturated heterocycles. The lowest BCUT2D eigenvalue weighted by Gasteiger charge is -2.32. The summed E-state index contributed by atoms with van der Waals surface area (Å²) in [5.41, 5.74) is 5.95. The molecule has 0 bridgehead atoms. The highest BCUT2D eigenvalue weighted by molar-refractivity contribution is 8.00. The zero-order valence-electron chi connectivity index (χ0n) is 12.3. The first-order valence-corrected chi connectivity index (χ1v) is 7.81. The van der Waals surface area contributed by atoms with Crippen molar-refractivity contribution >= 4 is 35.8 Å². The summed E-state index contributed by atoms with van der Waals surface area (Å²) in [6.45, 7) is 3.23. The van der Waals surface area contributed by atoms with Gasteiger partial charge in [-0.2, -0.15) is 0 Å². The molecular formula is C14H20ClN3O3S. The summed E-state index contributed by atoms with van der Waals surface area (Å²) >= 11 is 1.41. The van der Waals surface area contributed by atoms with Gasteiger partial charge in [-0.25, -0.2) is 0 Å². The second kappa shape index (κ2) is 8.36. The number of piperidine rings is 1. The van der Waals surface area contributed by atoms with Gasteiger partial charge in [-0.05, 0) is 31.9 Å². The minimum atomic E-state index is -0.432. The molecule has 1 aliphatic rings. The molecule has 122 valence electrons. The Hall–Kier alpha value is -1.31. The number of non-ortho nitro benzene ring substituents is 1. The van der Waals surface area contributed by atoms with Crippen LogP contribution in [0.5, 0.6) is 0 Å². The molecule has 22 heavy (non-hydrogen) atoms. The van der Waals surface area contributed by atoms with Crippen LogP contribution in [0.1, 0.15) is 19.8 Å². The number of benzene rings is 1. The van der Waals surface area contributed by atoms with E-state index in [1.807, 2.05) is 11.8 Å². The van der Waals surface area contributed by atoms with Gasteiger partial charge in [0.2, 0.25) is 5.91 Å². The number of nitro benzene ring substituents is 1. The highest BCUT2D eigenvalue weighted by Gasteiger charge is 2.25. The van der Waals surface area contributed by atoms with Crippen molar-refractivity contribution in [3.05, 3.63) is 34.4 Å². The van der Waals surface area contributed by atoms with Crippen molar-refractivity contribution in [3.63, 3.8) is 0 Å². The summed E-state index contributed by atoms with van der Waals surface area (Å²) in [6, 6.07) is 6.33. The Kier molecular flexibility index (Phi) is 7.12. The van der Waals surface area contributed by atoms with Gasteiger partial charge in [0.1, 0.15) is 0 Å². The number of nitrogens with zero attached hydrogens (tertiary/aromatic N) is 2. The lowest BCUT2D eigenvalue weighted by atomic mass is 10.1. The first kappa shape index (κ1) is 18.7. The van der Waals surface area contributed by atoms with Crippen LogP contribution >= 0.6 is 24.2 Å². The quantitative estimate of drug-likeness (QED) is 0.514. The molecule has 1 aromatic carbocycles. The van der Waals surface area contributed by atoms with E-state index in [-0.39, 0.29) is 35.3 Å². The fraction of sp³-hybridized carbons (Fsp3) is 0.500. The van der Waals surface area contributed by atoms with Crippen molar-refractivity contribution in [2.75, 3.05) is 13.1 Å². The molecule has 1 fully saturated rings. The zero-order valence-corrected chi connectivity index (χ0v) is 13.9. The van der Waals surface area contributed by atoms with Gasteiger partial charge >= 0.3 is 0 Å². The van der Waals surface area contributed by atoms with Gasteiger partial charge in [-0.1, -0.05) is 0 Å². The summed E-state index contributed by atoms with van der Waals surface area (Å²) < 4.78 is 0. The molecule has 1 aliphatic heterocycles. The molecule has 8 heteroatoms. The van der Waals surface area contributed by atoms with Crippen LogP contribution in [0.15, 0.2) is 29.2 Å². The van der Waals surface area contributed by atoms with Crippen LogP contribution in [-0.4, -0.2) is 40.1 Å². The molecule has 6 nitrogen and oxygen atoms in total. The molecule has 2 N–H and O–H groups in total. The van der Waals surface area contributed by atoms with Crippen molar-refractivity contribution in [2.45, 2.75) is 36.0 Å². The van der Waals surface area contributed by atoms with Crippen LogP contribution in [0, 0.1) is 10.1 Å². The number of carbonyl (C=O) groups excluding carboxylic acids is 1. The van der Waals surface area contributed by atoms with Crippen LogP contribution in [0.2, 0.25) is 0 Å². The average molecular weight is 346 g/mol. The molecule has 2 atom stereocenters. The summed E-state index contributed by atoms with van der Waals surface area (Å²) in [5.74, 6) is 0.0773. The molecule has 1 heterocycles. The van der Waals surface area contributed by atoms with E-state index in [2.05, 4.69) is 0 Å². The highest BCUT2D eigenvalue weighted by Crippen LogP contribution is 2.27. The largest absolute Gasteiger partial charge is 0.340 e. The monoisotopic (exact) mass is 345 g/mol. The molecule has 0 aliphatic carbocycles. The molecule has 2 rings (SSSR count). The third kappa shape index (κ3) is 4.86. The Bertz CT molecular complexity index is 527. The van der Waals surface area contributed by atoms with E-state index in [1.165, 1.54) is 23.9 Å². The van der Waals surface area contributed by atoms with Gasteiger partial charge in [0.15, 0.2) is 0 Å². The fourth-order valence-electron chi connectivity index (χ4n) is 2.37. The third-order valence-corrected chi connectivity index (χ3v) is 4.58. The maximum absolute atomic E-state index is 12.4. The predicted octanol–water partition coefficient (Wildman–Crippen LogP) is 2.45. The zero-order chi connectivity index (χ0) is 15.4. The summed E-state index contributed by atoms with van der Waals surface area (Å²) in [7, 11) is 0. The smallest absolute Gasteiger partial charge is 0.269 e. The Morgan fingerprint density at radius 1 is 1.45 bits per heavy atom. The number of hydrogen-bond donors (Lipinski definition) is 1. The van der Waals surface area contributed by atoms with Gasteiger partial charge in [-0.15, -0.1) is 24.2 Å². The number of nitro groups is 1. The lowest BCUT2D eigenvalue weighted by Crippen LogP contribution is -2.48. The van der Waals surface area contributed by atoms with Gasteiger partial charge in [0.25, 0.3) is 5.69 Å². The van der Waals surface area contributed by atoms with Crippen LogP contribution in [0.25, 0.3) is 0 Å². The number of rotatable bonds is 4. The van der Waals surface area contributed by atoms with E-state index in [4.69, 9.17) is 5.73 Å². The minimum absolute atomic E-state index is 0. The van der Waals surface area contributed by atoms with Gasteiger partial charge in [0.05, 0.1) is 10.2 Å². The van der Waals surface area contributed by atoms with Gasteiger partial charge in [0, 0.05) is 36.2 Å². The van der Waals surface area contributed by atoms with Gasteiger partial charge < -0.3 is 10.6 Å². The number of nitrogens with two attached hydrogens (primary N) is 1. The van der Waals surface area contributed by atoms with E-state index >= 15 is 0 Å². The third-order valence-electron chi connectivity index (χ3n) is 3.48. The number of likely N-dealkylation sites (tertiary alicyclic amines) is 1. The van der Waals surface area contributed by atoms with Crippen molar-refractivity contribution in [1.82, 2.24) is 4.90 Å². The standard InChI is InChI=1S/C14H19N3O3S.ClH/c1-10(14(18)16-8-2-3-11(15)9-16)21-13-6-4-12(5-7-13)17(19)20;/h4-7,10-11H,2-3,8-9,15H2,1H3;1H. The average Bonchev–Trinajstić information content (AvgIpc) is 2.47. The Labute approximate surface area is 140 Å². The Morgan fingerprint density at radius 2 is 2.09 bits per heavy atom. The normalized spacial score (nSPS) is 19.2. The molecule has 0 spiro atoms. The van der Waals surface area contributed by atoms with E-state index in [9.17, 15) is 14.9 Å². The molecule has 0 radical (unpaired) electrons. The predicted molar refractivity (Wildman–Crippen MR) is 89.5 cm³/mol. The van der Waals surface area contributed by atoms with Gasteiger partial charge in [-0.3, -0.25) is 14.9 Å². The summed E-state index contributed by atoms with van der Waals surface area (Å²) in [4.78, 5) is 25.2. The summed E-state index contributed by atoms with van der Waals surface area (Å²) in [5, 5.41) is 10.4. The first-order chi connectivity index (χ1) is 9.97. The molecule has 0 aromatic heterocycles. The maximum Gasteiger partial charge on any atom is 0.269 e. The minimum Gasteiger partial charge on any atom is -0.340 e. The topological polar surface area (TPSA) is 89.5 Å². The maximum atomic E-state index is 12.4. The SMILES string of the molecule is CC(Sc1ccc([N+](=O)[O-])cc1)C(=O)N1CCCC(N)C1.Cl. The number of amides is 1. The number of hydrogen-bond acceptors (Lipinski definition) is 5. The number of thioether (sulfide) groups is 1. The molecule has 2 unspecified atom stereocenters. The van der Waals surface area contributed by atoms with E-state index in [1.54, 1.807) is 12.1 Å². The molecule has 1 aromatic rings. The lowest BCUT2D eigenvalue weighted by molar-refractivity contribution is -0.384. The van der Waals surface area contributed by atoms with Crippen molar-refractivity contribution < 1.29 is 9.72 Å². The molecular weight excluding hydrogens is 326 g/mol. The molecule has 0 saturated carbocycles. The van der Waals surface area contributed by atoms with Crippen LogP contribution < -0.4 is 5.73 Å². The first-order valence-electron chi connectivity index (χ1n) is 6.93. The van der Waals surface area contributed by atoms with E-state index < -0.39 is 4.92 Å². The van der Waals surface area contributed by atoms with E-state index in [0.29, 0.717) is 6.54 Å². The molecule has 1 amide bonds. The van der Waals surface area contributed by atoms with Crippen LogP contribution in [0.3, 0.4) is 0 Å². The van der Waals surface area contributed by atoms with Crippen molar-refractivity contribution in [3.8, 4) is 0 Å². The Balaban J connectivity index is 0.00000242. The number of carbonyl (C=O) groups is 1.